The van der Waals surface area contributed by atoms with Crippen LogP contribution in [0.15, 0.2) is 24.3 Å². The summed E-state index contributed by atoms with van der Waals surface area (Å²) >= 11 is 0. The fraction of sp³-hybridized carbons (Fsp3) is 0.538. The van der Waals surface area contributed by atoms with E-state index in [1.165, 1.54) is 0 Å². The minimum atomic E-state index is -2.46. The molecule has 2 fully saturated rings. The van der Waals surface area contributed by atoms with Gasteiger partial charge in [-0.25, -0.2) is 8.78 Å². The average Bonchev–Trinajstić information content (AvgIpc) is 2.71. The number of rotatable bonds is 2. The minimum Gasteiger partial charge on any atom is -0.310 e. The third-order valence-corrected chi connectivity index (χ3v) is 3.63. The first-order chi connectivity index (χ1) is 7.68. The predicted molar refractivity (Wildman–Crippen MR) is 58.7 cm³/mol. The zero-order valence-corrected chi connectivity index (χ0v) is 9.05. The Kier molecular flexibility index (Phi) is 2.25. The molecule has 3 heteroatoms. The van der Waals surface area contributed by atoms with Crippen molar-refractivity contribution in [3.8, 4) is 0 Å². The van der Waals surface area contributed by atoms with Crippen molar-refractivity contribution in [2.45, 2.75) is 37.1 Å². The lowest BCUT2D eigenvalue weighted by molar-refractivity contribution is 0.112. The largest absolute Gasteiger partial charge is 0.310 e. The molecule has 0 spiro atoms. The number of halogens is 2. The van der Waals surface area contributed by atoms with Crippen LogP contribution in [-0.4, -0.2) is 12.5 Å². The number of nitrogens with one attached hydrogen (secondary N) is 1. The number of benzene rings is 1. The molecule has 3 rings (SSSR count). The van der Waals surface area contributed by atoms with Crippen LogP contribution in [0.3, 0.4) is 0 Å². The van der Waals surface area contributed by atoms with Gasteiger partial charge in [-0.2, -0.15) is 0 Å². The van der Waals surface area contributed by atoms with Crippen LogP contribution in [-0.2, 0) is 0 Å². The van der Waals surface area contributed by atoms with Crippen LogP contribution < -0.4 is 5.32 Å². The molecule has 1 aromatic carbocycles. The smallest absolute Gasteiger partial charge is 0.255 e. The standard InChI is InChI=1S/C13H15F2N/c14-13(15)8-11(13)9-4-1-2-5-10(9)12-6-3-7-16-12/h1-2,4-5,11-12,16H,3,6-8H2/t11-,12?/m0/s1. The van der Waals surface area contributed by atoms with E-state index in [9.17, 15) is 8.78 Å². The summed E-state index contributed by atoms with van der Waals surface area (Å²) in [5.74, 6) is -3.00. The Balaban J connectivity index is 1.92. The number of hydrogen-bond donors (Lipinski definition) is 1. The summed E-state index contributed by atoms with van der Waals surface area (Å²) in [6.07, 6.45) is 2.23. The Morgan fingerprint density at radius 1 is 1.19 bits per heavy atom. The lowest BCUT2D eigenvalue weighted by Gasteiger charge is -2.15. The predicted octanol–water partition coefficient (Wildman–Crippen LogP) is 3.23. The molecular weight excluding hydrogens is 208 g/mol. The van der Waals surface area contributed by atoms with Gasteiger partial charge in [-0.1, -0.05) is 24.3 Å². The van der Waals surface area contributed by atoms with Gasteiger partial charge in [0.15, 0.2) is 0 Å². The van der Waals surface area contributed by atoms with Gasteiger partial charge in [0, 0.05) is 12.5 Å². The summed E-state index contributed by atoms with van der Waals surface area (Å²) in [6, 6.07) is 7.95. The van der Waals surface area contributed by atoms with E-state index in [2.05, 4.69) is 5.32 Å². The zero-order chi connectivity index (χ0) is 11.2. The van der Waals surface area contributed by atoms with Crippen molar-refractivity contribution in [2.24, 2.45) is 0 Å². The quantitative estimate of drug-likeness (QED) is 0.811. The van der Waals surface area contributed by atoms with Gasteiger partial charge in [0.1, 0.15) is 0 Å². The van der Waals surface area contributed by atoms with E-state index in [4.69, 9.17) is 0 Å². The molecule has 1 unspecified atom stereocenters. The molecule has 0 bridgehead atoms. The Hall–Kier alpha value is -0.960. The summed E-state index contributed by atoms with van der Waals surface area (Å²) < 4.78 is 26.3. The van der Waals surface area contributed by atoms with Crippen LogP contribution in [0.5, 0.6) is 0 Å². The molecule has 1 saturated carbocycles. The fourth-order valence-corrected chi connectivity index (χ4v) is 2.65. The van der Waals surface area contributed by atoms with E-state index in [0.29, 0.717) is 0 Å². The molecule has 1 heterocycles. The summed E-state index contributed by atoms with van der Waals surface area (Å²) in [7, 11) is 0. The highest BCUT2D eigenvalue weighted by Crippen LogP contribution is 2.57. The van der Waals surface area contributed by atoms with Crippen LogP contribution in [0.2, 0.25) is 0 Å². The number of alkyl halides is 2. The van der Waals surface area contributed by atoms with Crippen molar-refractivity contribution >= 4 is 0 Å². The van der Waals surface area contributed by atoms with E-state index in [1.54, 1.807) is 0 Å². The van der Waals surface area contributed by atoms with Crippen molar-refractivity contribution in [1.82, 2.24) is 5.32 Å². The van der Waals surface area contributed by atoms with E-state index < -0.39 is 11.8 Å². The maximum atomic E-state index is 13.1. The Labute approximate surface area is 93.9 Å². The van der Waals surface area contributed by atoms with Crippen LogP contribution in [0, 0.1) is 0 Å². The molecule has 16 heavy (non-hydrogen) atoms. The third-order valence-electron chi connectivity index (χ3n) is 3.63. The van der Waals surface area contributed by atoms with Gasteiger partial charge in [-0.3, -0.25) is 0 Å². The van der Waals surface area contributed by atoms with Gasteiger partial charge < -0.3 is 5.32 Å². The van der Waals surface area contributed by atoms with Crippen LogP contribution in [0.25, 0.3) is 0 Å². The van der Waals surface area contributed by atoms with Gasteiger partial charge in [-0.05, 0) is 30.5 Å². The average molecular weight is 223 g/mol. The van der Waals surface area contributed by atoms with Crippen molar-refractivity contribution in [1.29, 1.82) is 0 Å². The van der Waals surface area contributed by atoms with Gasteiger partial charge in [-0.15, -0.1) is 0 Å². The Morgan fingerprint density at radius 3 is 2.44 bits per heavy atom. The maximum absolute atomic E-state index is 13.1. The molecule has 86 valence electrons. The van der Waals surface area contributed by atoms with Gasteiger partial charge in [0.2, 0.25) is 0 Å². The Bertz CT molecular complexity index is 373. The van der Waals surface area contributed by atoms with Crippen molar-refractivity contribution < 1.29 is 8.78 Å². The third kappa shape index (κ3) is 1.63. The summed E-state index contributed by atoms with van der Waals surface area (Å²) in [6.45, 7) is 1.00. The summed E-state index contributed by atoms with van der Waals surface area (Å²) in [5, 5.41) is 3.38. The lowest BCUT2D eigenvalue weighted by Crippen LogP contribution is -2.14. The van der Waals surface area contributed by atoms with Crippen LogP contribution in [0.4, 0.5) is 8.78 Å². The van der Waals surface area contributed by atoms with Crippen molar-refractivity contribution in [2.75, 3.05) is 6.54 Å². The molecule has 2 atom stereocenters. The Morgan fingerprint density at radius 2 is 1.88 bits per heavy atom. The summed E-state index contributed by atoms with van der Waals surface area (Å²) in [4.78, 5) is 0. The van der Waals surface area contributed by atoms with E-state index in [-0.39, 0.29) is 12.5 Å². The number of hydrogen-bond acceptors (Lipinski definition) is 1. The van der Waals surface area contributed by atoms with Gasteiger partial charge in [0.25, 0.3) is 5.92 Å². The zero-order valence-electron chi connectivity index (χ0n) is 9.05. The lowest BCUT2D eigenvalue weighted by atomic mass is 9.96. The highest BCUT2D eigenvalue weighted by molar-refractivity contribution is 5.39. The molecular formula is C13H15F2N. The molecule has 1 aliphatic carbocycles. The van der Waals surface area contributed by atoms with Crippen LogP contribution >= 0.6 is 0 Å². The second kappa shape index (κ2) is 3.52. The van der Waals surface area contributed by atoms with E-state index in [1.807, 2.05) is 24.3 Å². The molecule has 1 nitrogen and oxygen atoms in total. The first-order valence-corrected chi connectivity index (χ1v) is 5.88. The fourth-order valence-electron chi connectivity index (χ4n) is 2.65. The molecule has 0 radical (unpaired) electrons. The van der Waals surface area contributed by atoms with Crippen LogP contribution in [0.1, 0.15) is 42.3 Å². The first-order valence-electron chi connectivity index (χ1n) is 5.88. The van der Waals surface area contributed by atoms with Gasteiger partial charge in [0.05, 0.1) is 5.92 Å². The van der Waals surface area contributed by atoms with E-state index >= 15 is 0 Å². The van der Waals surface area contributed by atoms with E-state index in [0.717, 1.165) is 30.5 Å². The SMILES string of the molecule is FC1(F)C[C@H]1c1ccccc1C1CCCN1. The van der Waals surface area contributed by atoms with Crippen molar-refractivity contribution in [3.05, 3.63) is 35.4 Å². The first kappa shape index (κ1) is 10.2. The topological polar surface area (TPSA) is 12.0 Å². The molecule has 1 saturated heterocycles. The second-order valence-corrected chi connectivity index (χ2v) is 4.80. The molecule has 2 aliphatic rings. The summed E-state index contributed by atoms with van der Waals surface area (Å²) in [5.41, 5.74) is 1.94. The molecule has 0 aromatic heterocycles. The second-order valence-electron chi connectivity index (χ2n) is 4.80. The molecule has 1 N–H and O–H groups in total. The monoisotopic (exact) mass is 223 g/mol. The normalized spacial score (nSPS) is 31.6. The minimum absolute atomic E-state index is 0.0245. The highest BCUT2D eigenvalue weighted by Gasteiger charge is 2.58. The molecule has 0 amide bonds. The maximum Gasteiger partial charge on any atom is 0.255 e. The molecule has 1 aliphatic heterocycles. The molecule has 1 aromatic rings. The van der Waals surface area contributed by atoms with Gasteiger partial charge >= 0.3 is 0 Å². The highest BCUT2D eigenvalue weighted by atomic mass is 19.3. The van der Waals surface area contributed by atoms with Crippen molar-refractivity contribution in [3.63, 3.8) is 0 Å².